The Kier molecular flexibility index (Phi) is 5.34. The third kappa shape index (κ3) is 4.27. The van der Waals surface area contributed by atoms with Gasteiger partial charge in [-0.2, -0.15) is 0 Å². The van der Waals surface area contributed by atoms with E-state index in [0.29, 0.717) is 0 Å². The molecule has 2 aliphatic heterocycles. The number of likely N-dealkylation sites (tertiary alicyclic amines) is 1. The fourth-order valence-corrected chi connectivity index (χ4v) is 3.78. The molecule has 1 aromatic heterocycles. The zero-order valence-corrected chi connectivity index (χ0v) is 15.3. The molecule has 3 heterocycles. The maximum Gasteiger partial charge on any atom is 0.255 e. The van der Waals surface area contributed by atoms with Gasteiger partial charge in [0, 0.05) is 45.3 Å². The summed E-state index contributed by atoms with van der Waals surface area (Å²) < 4.78 is 18.9. The maximum absolute atomic E-state index is 13.0. The van der Waals surface area contributed by atoms with Gasteiger partial charge in [-0.05, 0) is 49.2 Å². The van der Waals surface area contributed by atoms with Crippen molar-refractivity contribution < 1.29 is 13.9 Å². The molecule has 2 aromatic rings. The first kappa shape index (κ1) is 17.9. The lowest BCUT2D eigenvalue weighted by molar-refractivity contribution is 0.0665. The van der Waals surface area contributed by atoms with Crippen molar-refractivity contribution in [2.24, 2.45) is 0 Å². The second-order valence-electron chi connectivity index (χ2n) is 7.15. The molecule has 0 atom stereocenters. The van der Waals surface area contributed by atoms with Crippen LogP contribution in [0.4, 0.5) is 4.39 Å². The van der Waals surface area contributed by atoms with Gasteiger partial charge in [0.25, 0.3) is 5.91 Å². The minimum absolute atomic E-state index is 0.0962. The molecule has 142 valence electrons. The van der Waals surface area contributed by atoms with Crippen molar-refractivity contribution in [2.75, 3.05) is 32.7 Å². The van der Waals surface area contributed by atoms with Crippen LogP contribution in [0, 0.1) is 5.82 Å². The van der Waals surface area contributed by atoms with Crippen LogP contribution in [0.15, 0.2) is 42.6 Å². The van der Waals surface area contributed by atoms with Crippen molar-refractivity contribution in [3.8, 4) is 5.75 Å². The Balaban J connectivity index is 1.23. The minimum Gasteiger partial charge on any atom is -0.490 e. The van der Waals surface area contributed by atoms with Gasteiger partial charge in [0.05, 0.1) is 11.3 Å². The molecule has 1 fully saturated rings. The molecule has 0 spiro atoms. The Bertz CT molecular complexity index is 788. The molecule has 1 aromatic carbocycles. The maximum atomic E-state index is 13.0. The molecule has 0 N–H and O–H groups in total. The smallest absolute Gasteiger partial charge is 0.255 e. The monoisotopic (exact) mass is 369 g/mol. The summed E-state index contributed by atoms with van der Waals surface area (Å²) in [7, 11) is 0. The van der Waals surface area contributed by atoms with Crippen molar-refractivity contribution in [3.63, 3.8) is 0 Å². The number of pyridine rings is 1. The summed E-state index contributed by atoms with van der Waals surface area (Å²) in [6, 6.07) is 9.90. The number of ether oxygens (including phenoxy) is 1. The summed E-state index contributed by atoms with van der Waals surface area (Å²) in [6.45, 7) is 4.27. The predicted molar refractivity (Wildman–Crippen MR) is 100 cm³/mol. The lowest BCUT2D eigenvalue weighted by Crippen LogP contribution is -2.45. The molecule has 2 aliphatic rings. The summed E-state index contributed by atoms with van der Waals surface area (Å²) in [5.41, 5.74) is 1.66. The topological polar surface area (TPSA) is 45.7 Å². The summed E-state index contributed by atoms with van der Waals surface area (Å²) in [6.07, 6.45) is 4.63. The van der Waals surface area contributed by atoms with E-state index in [1.165, 1.54) is 12.1 Å². The largest absolute Gasteiger partial charge is 0.490 e. The molecule has 0 unspecified atom stereocenters. The van der Waals surface area contributed by atoms with Gasteiger partial charge >= 0.3 is 0 Å². The van der Waals surface area contributed by atoms with Crippen LogP contribution in [-0.2, 0) is 6.42 Å². The molecule has 1 amide bonds. The van der Waals surface area contributed by atoms with E-state index in [1.807, 2.05) is 17.0 Å². The van der Waals surface area contributed by atoms with Crippen molar-refractivity contribution in [3.05, 3.63) is 59.7 Å². The number of hydrogen-bond donors (Lipinski definition) is 0. The number of carbonyl (C=O) groups excluding carboxylic acids is 1. The van der Waals surface area contributed by atoms with Crippen LogP contribution in [-0.4, -0.2) is 59.5 Å². The highest BCUT2D eigenvalue weighted by Crippen LogP contribution is 2.20. The highest BCUT2D eigenvalue weighted by Gasteiger charge is 2.26. The van der Waals surface area contributed by atoms with E-state index in [0.717, 1.165) is 69.0 Å². The number of halogens is 1. The zero-order chi connectivity index (χ0) is 18.6. The molecule has 0 saturated carbocycles. The number of carbonyl (C=O) groups is 1. The van der Waals surface area contributed by atoms with Gasteiger partial charge in [0.2, 0.25) is 0 Å². The van der Waals surface area contributed by atoms with Crippen LogP contribution in [0.2, 0.25) is 0 Å². The van der Waals surface area contributed by atoms with Gasteiger partial charge in [-0.25, -0.2) is 4.39 Å². The number of fused-ring (bicyclic) bond motifs is 1. The molecule has 4 rings (SSSR count). The normalized spacial score (nSPS) is 18.4. The Morgan fingerprint density at radius 1 is 1.07 bits per heavy atom. The fraction of sp³-hybridized carbons (Fsp3) is 0.429. The van der Waals surface area contributed by atoms with Crippen LogP contribution in [0.25, 0.3) is 0 Å². The van der Waals surface area contributed by atoms with Gasteiger partial charge in [0.1, 0.15) is 17.7 Å². The summed E-state index contributed by atoms with van der Waals surface area (Å²) >= 11 is 0. The average Bonchev–Trinajstić information content (AvgIpc) is 2.71. The van der Waals surface area contributed by atoms with E-state index in [9.17, 15) is 9.18 Å². The fourth-order valence-electron chi connectivity index (χ4n) is 3.78. The first-order valence-electron chi connectivity index (χ1n) is 9.57. The van der Waals surface area contributed by atoms with E-state index in [1.54, 1.807) is 18.3 Å². The molecule has 1 saturated heterocycles. The number of amides is 1. The van der Waals surface area contributed by atoms with Gasteiger partial charge in [-0.1, -0.05) is 0 Å². The zero-order valence-electron chi connectivity index (χ0n) is 15.3. The number of hydrogen-bond acceptors (Lipinski definition) is 4. The molecule has 6 heteroatoms. The van der Waals surface area contributed by atoms with E-state index in [4.69, 9.17) is 4.74 Å². The number of rotatable bonds is 5. The second kappa shape index (κ2) is 8.05. The standard InChI is InChI=1S/C21H24FN3O2/c22-16-3-5-17(6-4-16)27-18-7-11-24(12-8-18)14-15-25-13-9-20-19(21(25)26)2-1-10-23-20/h1-6,10,18H,7-9,11-15H2. The molecule has 5 nitrogen and oxygen atoms in total. The van der Waals surface area contributed by atoms with Crippen LogP contribution >= 0.6 is 0 Å². The van der Waals surface area contributed by atoms with Crippen LogP contribution in [0.3, 0.4) is 0 Å². The van der Waals surface area contributed by atoms with Gasteiger partial charge in [-0.3, -0.25) is 9.78 Å². The Labute approximate surface area is 158 Å². The quantitative estimate of drug-likeness (QED) is 0.813. The first-order valence-corrected chi connectivity index (χ1v) is 9.57. The van der Waals surface area contributed by atoms with Gasteiger partial charge in [-0.15, -0.1) is 0 Å². The van der Waals surface area contributed by atoms with Crippen LogP contribution in [0.1, 0.15) is 28.9 Å². The summed E-state index contributed by atoms with van der Waals surface area (Å²) in [5, 5.41) is 0. The summed E-state index contributed by atoms with van der Waals surface area (Å²) in [5.74, 6) is 0.572. The highest BCUT2D eigenvalue weighted by atomic mass is 19.1. The Morgan fingerprint density at radius 2 is 1.85 bits per heavy atom. The highest BCUT2D eigenvalue weighted by molar-refractivity contribution is 5.96. The number of benzene rings is 1. The molecule has 0 radical (unpaired) electrons. The molecular weight excluding hydrogens is 345 g/mol. The van der Waals surface area contributed by atoms with Crippen molar-refractivity contribution >= 4 is 5.91 Å². The van der Waals surface area contributed by atoms with Crippen LogP contribution < -0.4 is 4.74 Å². The lowest BCUT2D eigenvalue weighted by atomic mass is 10.0. The number of piperidine rings is 1. The minimum atomic E-state index is -0.247. The predicted octanol–water partition coefficient (Wildman–Crippen LogP) is 2.76. The van der Waals surface area contributed by atoms with Gasteiger partial charge in [0.15, 0.2) is 0 Å². The van der Waals surface area contributed by atoms with Crippen LogP contribution in [0.5, 0.6) is 5.75 Å². The first-order chi connectivity index (χ1) is 13.2. The SMILES string of the molecule is O=C1c2cccnc2CCN1CCN1CCC(Oc2ccc(F)cc2)CC1. The van der Waals surface area contributed by atoms with E-state index in [-0.39, 0.29) is 17.8 Å². The molecule has 0 aliphatic carbocycles. The molecule has 27 heavy (non-hydrogen) atoms. The molecule has 0 bridgehead atoms. The third-order valence-electron chi connectivity index (χ3n) is 5.36. The van der Waals surface area contributed by atoms with Crippen molar-refractivity contribution in [1.29, 1.82) is 0 Å². The lowest BCUT2D eigenvalue weighted by Gasteiger charge is -2.34. The Hall–Kier alpha value is -2.47. The third-order valence-corrected chi connectivity index (χ3v) is 5.36. The number of aromatic nitrogens is 1. The summed E-state index contributed by atoms with van der Waals surface area (Å²) in [4.78, 5) is 21.2. The number of nitrogens with zero attached hydrogens (tertiary/aromatic N) is 3. The average molecular weight is 369 g/mol. The molecular formula is C21H24FN3O2. The van der Waals surface area contributed by atoms with E-state index < -0.39 is 0 Å². The second-order valence-corrected chi connectivity index (χ2v) is 7.15. The van der Waals surface area contributed by atoms with E-state index in [2.05, 4.69) is 9.88 Å². The Morgan fingerprint density at radius 3 is 2.63 bits per heavy atom. The van der Waals surface area contributed by atoms with Gasteiger partial charge < -0.3 is 14.5 Å². The van der Waals surface area contributed by atoms with Crippen molar-refractivity contribution in [2.45, 2.75) is 25.4 Å². The van der Waals surface area contributed by atoms with Crippen molar-refractivity contribution in [1.82, 2.24) is 14.8 Å². The van der Waals surface area contributed by atoms with E-state index >= 15 is 0 Å².